The molecule has 0 aliphatic heterocycles. The number of H-pyrrole nitrogens is 1. The van der Waals surface area contributed by atoms with E-state index in [1.54, 1.807) is 12.1 Å². The van der Waals surface area contributed by atoms with E-state index in [0.717, 1.165) is 11.3 Å². The monoisotopic (exact) mass is 201 g/mol. The molecule has 2 aromatic rings. The van der Waals surface area contributed by atoms with Gasteiger partial charge in [0.15, 0.2) is 0 Å². The Kier molecular flexibility index (Phi) is 2.22. The van der Waals surface area contributed by atoms with Gasteiger partial charge in [0.05, 0.1) is 5.69 Å². The molecule has 0 unspecified atom stereocenters. The fourth-order valence-electron chi connectivity index (χ4n) is 1.40. The summed E-state index contributed by atoms with van der Waals surface area (Å²) in [6.45, 7) is 1.83. The lowest BCUT2D eigenvalue weighted by Gasteiger charge is -1.97. The number of hydrogen-bond donors (Lipinski definition) is 1. The summed E-state index contributed by atoms with van der Waals surface area (Å²) in [7, 11) is 0. The molecule has 1 aromatic carbocycles. The quantitative estimate of drug-likeness (QED) is 0.770. The van der Waals surface area contributed by atoms with Crippen molar-refractivity contribution >= 4 is 0 Å². The van der Waals surface area contributed by atoms with E-state index in [-0.39, 0.29) is 11.6 Å². The van der Waals surface area contributed by atoms with E-state index in [1.807, 2.05) is 13.0 Å². The molecule has 1 N–H and O–H groups in total. The van der Waals surface area contributed by atoms with Gasteiger partial charge in [-0.3, -0.25) is 0 Å². The van der Waals surface area contributed by atoms with Gasteiger partial charge in [-0.25, -0.2) is 9.37 Å². The molecule has 0 aliphatic rings. The first-order chi connectivity index (χ1) is 7.20. The first-order valence-corrected chi connectivity index (χ1v) is 4.43. The number of halogens is 1. The third-order valence-corrected chi connectivity index (χ3v) is 2.11. The summed E-state index contributed by atoms with van der Waals surface area (Å²) in [4.78, 5) is 6.93. The number of benzene rings is 1. The van der Waals surface area contributed by atoms with Gasteiger partial charge >= 0.3 is 0 Å². The number of aryl methyl sites for hydroxylation is 1. The minimum Gasteiger partial charge on any atom is -0.333 e. The molecule has 0 radical (unpaired) electrons. The first kappa shape index (κ1) is 9.41. The number of nitrogens with one attached hydrogen (secondary N) is 1. The van der Waals surface area contributed by atoms with Crippen molar-refractivity contribution in [2.75, 3.05) is 0 Å². The lowest BCUT2D eigenvalue weighted by atomic mass is 10.1. The summed E-state index contributed by atoms with van der Waals surface area (Å²) in [5.74, 6) is -0.0146. The Bertz CT molecular complexity index is 520. The van der Waals surface area contributed by atoms with E-state index < -0.39 is 0 Å². The Morgan fingerprint density at radius 3 is 2.53 bits per heavy atom. The van der Waals surface area contributed by atoms with Gasteiger partial charge in [-0.15, -0.1) is 0 Å². The SMILES string of the molecule is Cc1[nH]c(C#N)nc1-c1ccc(F)cc1. The standard InChI is InChI=1S/C11H8FN3/c1-7-11(15-10(6-13)14-7)8-2-4-9(12)5-3-8/h2-5H,1H3,(H,14,15). The molecule has 4 heteroatoms. The van der Waals surface area contributed by atoms with E-state index in [0.29, 0.717) is 5.69 Å². The second-order valence-corrected chi connectivity index (χ2v) is 3.18. The Morgan fingerprint density at radius 1 is 1.33 bits per heavy atom. The van der Waals surface area contributed by atoms with E-state index in [9.17, 15) is 4.39 Å². The maximum Gasteiger partial charge on any atom is 0.210 e. The highest BCUT2D eigenvalue weighted by molar-refractivity contribution is 5.62. The Labute approximate surface area is 86.2 Å². The van der Waals surface area contributed by atoms with Crippen molar-refractivity contribution in [3.8, 4) is 17.3 Å². The molecule has 1 aromatic heterocycles. The Balaban J connectivity index is 2.50. The molecule has 0 saturated carbocycles. The second-order valence-electron chi connectivity index (χ2n) is 3.18. The number of aromatic amines is 1. The van der Waals surface area contributed by atoms with Crippen LogP contribution in [0, 0.1) is 24.1 Å². The molecule has 0 aliphatic carbocycles. The smallest absolute Gasteiger partial charge is 0.210 e. The van der Waals surface area contributed by atoms with E-state index in [2.05, 4.69) is 9.97 Å². The Morgan fingerprint density at radius 2 is 2.00 bits per heavy atom. The topological polar surface area (TPSA) is 52.5 Å². The zero-order chi connectivity index (χ0) is 10.8. The maximum absolute atomic E-state index is 12.7. The van der Waals surface area contributed by atoms with Crippen LogP contribution in [0.2, 0.25) is 0 Å². The summed E-state index contributed by atoms with van der Waals surface area (Å²) in [6, 6.07) is 7.95. The molecule has 3 nitrogen and oxygen atoms in total. The van der Waals surface area contributed by atoms with E-state index in [1.165, 1.54) is 12.1 Å². The fraction of sp³-hybridized carbons (Fsp3) is 0.0909. The minimum absolute atomic E-state index is 0.270. The van der Waals surface area contributed by atoms with Crippen LogP contribution in [0.4, 0.5) is 4.39 Å². The van der Waals surface area contributed by atoms with Crippen LogP contribution in [0.15, 0.2) is 24.3 Å². The molecule has 0 spiro atoms. The van der Waals surface area contributed by atoms with Crippen LogP contribution in [0.5, 0.6) is 0 Å². The summed E-state index contributed by atoms with van der Waals surface area (Å²) in [5.41, 5.74) is 2.29. The molecule has 0 amide bonds. The molecular weight excluding hydrogens is 193 g/mol. The van der Waals surface area contributed by atoms with Crippen LogP contribution in [0.25, 0.3) is 11.3 Å². The number of aromatic nitrogens is 2. The maximum atomic E-state index is 12.7. The highest BCUT2D eigenvalue weighted by atomic mass is 19.1. The van der Waals surface area contributed by atoms with Crippen molar-refractivity contribution in [3.05, 3.63) is 41.6 Å². The van der Waals surface area contributed by atoms with Gasteiger partial charge in [0.2, 0.25) is 5.82 Å². The summed E-state index contributed by atoms with van der Waals surface area (Å²) in [6.07, 6.45) is 0. The molecule has 0 bridgehead atoms. The van der Waals surface area contributed by atoms with Crippen molar-refractivity contribution < 1.29 is 4.39 Å². The van der Waals surface area contributed by atoms with E-state index >= 15 is 0 Å². The van der Waals surface area contributed by atoms with Crippen molar-refractivity contribution in [2.45, 2.75) is 6.92 Å². The van der Waals surface area contributed by atoms with Crippen molar-refractivity contribution in [3.63, 3.8) is 0 Å². The number of imidazole rings is 1. The normalized spacial score (nSPS) is 9.93. The number of nitriles is 1. The minimum atomic E-state index is -0.285. The highest BCUT2D eigenvalue weighted by Gasteiger charge is 2.08. The molecule has 0 saturated heterocycles. The van der Waals surface area contributed by atoms with Crippen molar-refractivity contribution in [1.82, 2.24) is 9.97 Å². The van der Waals surface area contributed by atoms with Crippen LogP contribution in [-0.4, -0.2) is 9.97 Å². The van der Waals surface area contributed by atoms with Gasteiger partial charge in [-0.2, -0.15) is 5.26 Å². The molecular formula is C11H8FN3. The van der Waals surface area contributed by atoms with Gasteiger partial charge in [0.1, 0.15) is 11.9 Å². The highest BCUT2D eigenvalue weighted by Crippen LogP contribution is 2.20. The van der Waals surface area contributed by atoms with Crippen molar-refractivity contribution in [2.24, 2.45) is 0 Å². The van der Waals surface area contributed by atoms with Gasteiger partial charge in [-0.1, -0.05) is 0 Å². The Hall–Kier alpha value is -2.15. The molecule has 2 rings (SSSR count). The average Bonchev–Trinajstić information content (AvgIpc) is 2.61. The predicted molar refractivity (Wildman–Crippen MR) is 53.4 cm³/mol. The number of rotatable bonds is 1. The third-order valence-electron chi connectivity index (χ3n) is 2.11. The number of hydrogen-bond acceptors (Lipinski definition) is 2. The fourth-order valence-corrected chi connectivity index (χ4v) is 1.40. The van der Waals surface area contributed by atoms with Crippen LogP contribution in [-0.2, 0) is 0 Å². The van der Waals surface area contributed by atoms with Gasteiger partial charge in [0, 0.05) is 11.3 Å². The summed E-state index contributed by atoms with van der Waals surface area (Å²) < 4.78 is 12.7. The van der Waals surface area contributed by atoms with Gasteiger partial charge in [0.25, 0.3) is 0 Å². The molecule has 0 atom stereocenters. The first-order valence-electron chi connectivity index (χ1n) is 4.43. The predicted octanol–water partition coefficient (Wildman–Crippen LogP) is 2.40. The molecule has 15 heavy (non-hydrogen) atoms. The zero-order valence-corrected chi connectivity index (χ0v) is 8.08. The van der Waals surface area contributed by atoms with Crippen LogP contribution < -0.4 is 0 Å². The van der Waals surface area contributed by atoms with Crippen LogP contribution in [0.1, 0.15) is 11.5 Å². The number of nitrogens with zero attached hydrogens (tertiary/aromatic N) is 2. The molecule has 0 fully saturated rings. The molecule has 1 heterocycles. The van der Waals surface area contributed by atoms with Crippen LogP contribution in [0.3, 0.4) is 0 Å². The molecule has 74 valence electrons. The van der Waals surface area contributed by atoms with Gasteiger partial charge in [-0.05, 0) is 31.2 Å². The lowest BCUT2D eigenvalue weighted by Crippen LogP contribution is -1.81. The van der Waals surface area contributed by atoms with E-state index in [4.69, 9.17) is 5.26 Å². The summed E-state index contributed by atoms with van der Waals surface area (Å²) in [5, 5.41) is 8.66. The summed E-state index contributed by atoms with van der Waals surface area (Å²) >= 11 is 0. The second kappa shape index (κ2) is 3.54. The zero-order valence-electron chi connectivity index (χ0n) is 8.08. The van der Waals surface area contributed by atoms with Crippen molar-refractivity contribution in [1.29, 1.82) is 5.26 Å². The van der Waals surface area contributed by atoms with Crippen LogP contribution >= 0.6 is 0 Å². The lowest BCUT2D eigenvalue weighted by molar-refractivity contribution is 0.628. The average molecular weight is 201 g/mol. The van der Waals surface area contributed by atoms with Gasteiger partial charge < -0.3 is 4.98 Å². The third kappa shape index (κ3) is 1.72. The largest absolute Gasteiger partial charge is 0.333 e.